The van der Waals surface area contributed by atoms with Crippen molar-refractivity contribution in [2.75, 3.05) is 0 Å². The highest BCUT2D eigenvalue weighted by Crippen LogP contribution is 2.36. The molecular weight excluding hydrogens is 728 g/mol. The number of aryl methyl sites for hydroxylation is 2. The van der Waals surface area contributed by atoms with Gasteiger partial charge in [0.05, 0.1) is 0 Å². The van der Waals surface area contributed by atoms with Gasteiger partial charge in [-0.1, -0.05) is 248 Å². The Bertz CT molecular complexity index is 1750. The monoisotopic (exact) mass is 796 g/mol. The van der Waals surface area contributed by atoms with Gasteiger partial charge in [0.15, 0.2) is 0 Å². The van der Waals surface area contributed by atoms with Gasteiger partial charge >= 0.3 is 0 Å². The first-order valence-electron chi connectivity index (χ1n) is 22.3. The highest BCUT2D eigenvalue weighted by atomic mass is 79.9. The van der Waals surface area contributed by atoms with E-state index in [1.807, 2.05) is 0 Å². The Balaban J connectivity index is 1.36. The van der Waals surface area contributed by atoms with E-state index in [1.54, 1.807) is 0 Å². The third kappa shape index (κ3) is 14.5. The molecule has 292 valence electrons. The van der Waals surface area contributed by atoms with E-state index < -0.39 is 0 Å². The molecule has 0 radical (unpaired) electrons. The van der Waals surface area contributed by atoms with E-state index in [-0.39, 0.29) is 0 Å². The molecule has 0 saturated carbocycles. The van der Waals surface area contributed by atoms with Crippen LogP contribution in [0.1, 0.15) is 153 Å². The molecule has 0 bridgehead atoms. The summed E-state index contributed by atoms with van der Waals surface area (Å²) < 4.78 is 1.12. The largest absolute Gasteiger partial charge is 0.0654 e. The van der Waals surface area contributed by atoms with Crippen LogP contribution in [0.15, 0.2) is 120 Å². The number of halogens is 1. The van der Waals surface area contributed by atoms with Crippen LogP contribution in [-0.4, -0.2) is 0 Å². The molecule has 0 amide bonds. The molecule has 0 aliphatic carbocycles. The minimum atomic E-state index is 1.12. The maximum absolute atomic E-state index is 3.60. The molecule has 55 heavy (non-hydrogen) atoms. The Morgan fingerprint density at radius 1 is 0.309 bits per heavy atom. The number of hydrogen-bond donors (Lipinski definition) is 0. The lowest BCUT2D eigenvalue weighted by Crippen LogP contribution is -1.99. The third-order valence-corrected chi connectivity index (χ3v) is 12.1. The van der Waals surface area contributed by atoms with Crippen LogP contribution in [0.5, 0.6) is 0 Å². The lowest BCUT2D eigenvalue weighted by atomic mass is 9.86. The second kappa shape index (κ2) is 25.0. The van der Waals surface area contributed by atoms with Crippen molar-refractivity contribution in [2.24, 2.45) is 0 Å². The SMILES string of the molecule is CCCCCCCCCCCCc1cc(-c2ccc(-c3ccc(Br)cc3)cc2)c(CCCCCCCCCCCC)cc1-c1ccc(-c2ccccc2)cc1. The van der Waals surface area contributed by atoms with E-state index in [1.165, 1.54) is 184 Å². The van der Waals surface area contributed by atoms with Gasteiger partial charge in [0.25, 0.3) is 0 Å². The Morgan fingerprint density at radius 2 is 0.600 bits per heavy atom. The highest BCUT2D eigenvalue weighted by Gasteiger charge is 2.15. The summed E-state index contributed by atoms with van der Waals surface area (Å²) in [7, 11) is 0. The Hall–Kier alpha value is -3.42. The summed E-state index contributed by atoms with van der Waals surface area (Å²) in [6.45, 7) is 4.61. The van der Waals surface area contributed by atoms with E-state index in [0.717, 1.165) is 17.3 Å². The molecule has 5 aromatic carbocycles. The van der Waals surface area contributed by atoms with Crippen molar-refractivity contribution in [3.63, 3.8) is 0 Å². The zero-order chi connectivity index (χ0) is 38.3. The second-order valence-corrected chi connectivity index (χ2v) is 17.0. The molecule has 0 atom stereocenters. The number of benzene rings is 5. The molecule has 0 spiro atoms. The van der Waals surface area contributed by atoms with E-state index in [9.17, 15) is 0 Å². The summed E-state index contributed by atoms with van der Waals surface area (Å²) in [5.41, 5.74) is 13.7. The molecule has 1 heteroatoms. The van der Waals surface area contributed by atoms with Gasteiger partial charge in [-0.15, -0.1) is 0 Å². The fourth-order valence-electron chi connectivity index (χ4n) is 8.20. The quantitative estimate of drug-likeness (QED) is 0.0489. The molecule has 0 heterocycles. The standard InChI is InChI=1S/C54H69Br/c1-3-5-7-9-11-13-15-17-19-22-28-50-43-54(49-36-32-46(33-37-49)47-38-40-52(55)41-39-47)51(29-23-20-18-16-14-12-10-8-6-4-2)42-53(50)48-34-30-45(31-35-48)44-26-24-21-25-27-44/h21,24-27,30-43H,3-20,22-23,28-29H2,1-2H3. The average molecular weight is 798 g/mol. The van der Waals surface area contributed by atoms with Crippen LogP contribution in [-0.2, 0) is 12.8 Å². The van der Waals surface area contributed by atoms with E-state index in [4.69, 9.17) is 0 Å². The Labute approximate surface area is 344 Å². The average Bonchev–Trinajstić information content (AvgIpc) is 3.23. The normalized spacial score (nSPS) is 11.3. The molecule has 0 unspecified atom stereocenters. The number of hydrogen-bond acceptors (Lipinski definition) is 0. The molecule has 0 nitrogen and oxygen atoms in total. The van der Waals surface area contributed by atoms with Crippen LogP contribution < -0.4 is 0 Å². The highest BCUT2D eigenvalue weighted by molar-refractivity contribution is 9.10. The summed E-state index contributed by atoms with van der Waals surface area (Å²) >= 11 is 3.60. The first kappa shape index (κ1) is 42.7. The van der Waals surface area contributed by atoms with Crippen LogP contribution >= 0.6 is 15.9 Å². The Kier molecular flexibility index (Phi) is 19.4. The van der Waals surface area contributed by atoms with Crippen molar-refractivity contribution in [2.45, 2.75) is 155 Å². The number of rotatable bonds is 26. The first-order valence-corrected chi connectivity index (χ1v) is 23.1. The van der Waals surface area contributed by atoms with Gasteiger partial charge in [0.2, 0.25) is 0 Å². The second-order valence-electron chi connectivity index (χ2n) is 16.1. The first-order chi connectivity index (χ1) is 27.2. The van der Waals surface area contributed by atoms with Gasteiger partial charge in [-0.3, -0.25) is 0 Å². The van der Waals surface area contributed by atoms with E-state index in [2.05, 4.69) is 145 Å². The molecule has 0 N–H and O–H groups in total. The molecule has 5 rings (SSSR count). The maximum atomic E-state index is 3.60. The van der Waals surface area contributed by atoms with Gasteiger partial charge in [-0.2, -0.15) is 0 Å². The van der Waals surface area contributed by atoms with Crippen LogP contribution in [0.4, 0.5) is 0 Å². The summed E-state index contributed by atoms with van der Waals surface area (Å²) in [4.78, 5) is 0. The molecule has 0 saturated heterocycles. The zero-order valence-electron chi connectivity index (χ0n) is 34.4. The molecule has 0 aromatic heterocycles. The Morgan fingerprint density at radius 3 is 0.964 bits per heavy atom. The van der Waals surface area contributed by atoms with Crippen LogP contribution in [0.2, 0.25) is 0 Å². The van der Waals surface area contributed by atoms with Gasteiger partial charge in [-0.25, -0.2) is 0 Å². The minimum Gasteiger partial charge on any atom is -0.0654 e. The van der Waals surface area contributed by atoms with Crippen molar-refractivity contribution < 1.29 is 0 Å². The van der Waals surface area contributed by atoms with Gasteiger partial charge < -0.3 is 0 Å². The zero-order valence-corrected chi connectivity index (χ0v) is 36.0. The lowest BCUT2D eigenvalue weighted by Gasteiger charge is -2.19. The topological polar surface area (TPSA) is 0 Å². The fraction of sp³-hybridized carbons (Fsp3) is 0.444. The van der Waals surface area contributed by atoms with E-state index in [0.29, 0.717) is 0 Å². The van der Waals surface area contributed by atoms with Crippen LogP contribution in [0.3, 0.4) is 0 Å². The fourth-order valence-corrected chi connectivity index (χ4v) is 8.47. The van der Waals surface area contributed by atoms with Gasteiger partial charge in [-0.05, 0) is 93.5 Å². The van der Waals surface area contributed by atoms with Crippen molar-refractivity contribution in [3.8, 4) is 44.5 Å². The lowest BCUT2D eigenvalue weighted by molar-refractivity contribution is 0.556. The summed E-state index contributed by atoms with van der Waals surface area (Å²) in [5.74, 6) is 0. The van der Waals surface area contributed by atoms with Crippen molar-refractivity contribution in [1.29, 1.82) is 0 Å². The number of unbranched alkanes of at least 4 members (excludes halogenated alkanes) is 18. The van der Waals surface area contributed by atoms with Crippen molar-refractivity contribution in [3.05, 3.63) is 131 Å². The van der Waals surface area contributed by atoms with Crippen LogP contribution in [0.25, 0.3) is 44.5 Å². The van der Waals surface area contributed by atoms with Crippen molar-refractivity contribution in [1.82, 2.24) is 0 Å². The van der Waals surface area contributed by atoms with Crippen molar-refractivity contribution >= 4 is 15.9 Å². The molecule has 0 aliphatic heterocycles. The summed E-state index contributed by atoms with van der Waals surface area (Å²) in [6, 6.07) is 43.4. The van der Waals surface area contributed by atoms with Crippen LogP contribution in [0, 0.1) is 0 Å². The smallest absolute Gasteiger partial charge is 0.0175 e. The predicted molar refractivity (Wildman–Crippen MR) is 247 cm³/mol. The van der Waals surface area contributed by atoms with Gasteiger partial charge in [0, 0.05) is 4.47 Å². The predicted octanol–water partition coefficient (Wildman–Crippen LogP) is 18.0. The maximum Gasteiger partial charge on any atom is 0.0175 e. The molecule has 0 aliphatic rings. The summed E-state index contributed by atoms with van der Waals surface area (Å²) in [6.07, 6.45) is 29.6. The molecular formula is C54H69Br. The molecule has 0 fully saturated rings. The molecule has 5 aromatic rings. The third-order valence-electron chi connectivity index (χ3n) is 11.6. The van der Waals surface area contributed by atoms with E-state index >= 15 is 0 Å². The minimum absolute atomic E-state index is 1.12. The summed E-state index contributed by atoms with van der Waals surface area (Å²) in [5, 5.41) is 0. The van der Waals surface area contributed by atoms with Gasteiger partial charge in [0.1, 0.15) is 0 Å².